The molecule has 1 unspecified atom stereocenters. The summed E-state index contributed by atoms with van der Waals surface area (Å²) < 4.78 is 11.9. The third-order valence-corrected chi connectivity index (χ3v) is 6.48. The number of halogens is 1. The van der Waals surface area contributed by atoms with Gasteiger partial charge in [0.1, 0.15) is 5.75 Å². The first kappa shape index (κ1) is 20.5. The van der Waals surface area contributed by atoms with Crippen LogP contribution in [0.25, 0.3) is 5.57 Å². The molecule has 0 spiro atoms. The second kappa shape index (κ2) is 8.24. The van der Waals surface area contributed by atoms with Crippen molar-refractivity contribution >= 4 is 33.1 Å². The molecule has 2 aliphatic heterocycles. The second-order valence-electron chi connectivity index (χ2n) is 7.78. The van der Waals surface area contributed by atoms with Gasteiger partial charge < -0.3 is 24.8 Å². The van der Waals surface area contributed by atoms with Gasteiger partial charge in [-0.05, 0) is 60.0 Å². The summed E-state index contributed by atoms with van der Waals surface area (Å²) >= 11 is 3.63. The lowest BCUT2D eigenvalue weighted by Crippen LogP contribution is -2.29. The van der Waals surface area contributed by atoms with Crippen LogP contribution in [-0.4, -0.2) is 22.7 Å². The van der Waals surface area contributed by atoms with Gasteiger partial charge in [0.2, 0.25) is 6.79 Å². The molecule has 0 radical (unpaired) electrons. The number of ether oxygens (including phenoxy) is 2. The monoisotopic (exact) mass is 492 g/mol. The Morgan fingerprint density at radius 1 is 1.12 bits per heavy atom. The van der Waals surface area contributed by atoms with Gasteiger partial charge in [-0.1, -0.05) is 40.2 Å². The van der Waals surface area contributed by atoms with E-state index >= 15 is 0 Å². The fraction of sp³-hybridized carbons (Fsp3) is 0.160. The summed E-state index contributed by atoms with van der Waals surface area (Å²) in [6, 6.07) is 18.3. The zero-order valence-corrected chi connectivity index (χ0v) is 18.9. The molecule has 1 amide bonds. The van der Waals surface area contributed by atoms with Crippen LogP contribution in [0.2, 0.25) is 0 Å². The maximum atomic E-state index is 13.2. The molecule has 0 bridgehead atoms. The number of hydrogen-bond acceptors (Lipinski definition) is 5. The first-order valence-electron chi connectivity index (χ1n) is 10.2. The number of hydrogen-bond donors (Lipinski definition) is 2. The minimum Gasteiger partial charge on any atom is -0.508 e. The fourth-order valence-corrected chi connectivity index (χ4v) is 4.48. The third-order valence-electron chi connectivity index (χ3n) is 5.74. The Balaban J connectivity index is 1.51. The number of phenolic OH excluding ortho intramolecular Hbond substituents is 1. The van der Waals surface area contributed by atoms with Crippen LogP contribution >= 0.6 is 15.9 Å². The first-order valence-corrected chi connectivity index (χ1v) is 11.0. The van der Waals surface area contributed by atoms with E-state index in [9.17, 15) is 9.90 Å². The Labute approximate surface area is 194 Å². The molecular weight excluding hydrogens is 472 g/mol. The normalized spacial score (nSPS) is 16.4. The van der Waals surface area contributed by atoms with Gasteiger partial charge in [-0.3, -0.25) is 4.79 Å². The van der Waals surface area contributed by atoms with Crippen molar-refractivity contribution in [1.29, 1.82) is 0 Å². The van der Waals surface area contributed by atoms with Gasteiger partial charge in [0.25, 0.3) is 5.91 Å². The van der Waals surface area contributed by atoms with E-state index in [-0.39, 0.29) is 24.5 Å². The van der Waals surface area contributed by atoms with E-state index < -0.39 is 0 Å². The molecule has 7 heteroatoms. The highest BCUT2D eigenvalue weighted by molar-refractivity contribution is 9.10. The van der Waals surface area contributed by atoms with Crippen molar-refractivity contribution in [2.24, 2.45) is 0 Å². The number of fused-ring (bicyclic) bond motifs is 2. The summed E-state index contributed by atoms with van der Waals surface area (Å²) in [7, 11) is 0. The fourth-order valence-electron chi connectivity index (χ4n) is 4.03. The van der Waals surface area contributed by atoms with Crippen molar-refractivity contribution in [2.45, 2.75) is 19.5 Å². The van der Waals surface area contributed by atoms with E-state index in [4.69, 9.17) is 9.47 Å². The number of benzene rings is 3. The smallest absolute Gasteiger partial charge is 0.257 e. The van der Waals surface area contributed by atoms with E-state index in [1.54, 1.807) is 18.2 Å². The van der Waals surface area contributed by atoms with Crippen LogP contribution in [0.4, 0.5) is 5.69 Å². The quantitative estimate of drug-likeness (QED) is 0.507. The zero-order valence-electron chi connectivity index (χ0n) is 17.3. The zero-order chi connectivity index (χ0) is 22.2. The molecule has 2 aliphatic rings. The highest BCUT2D eigenvalue weighted by Crippen LogP contribution is 2.41. The highest BCUT2D eigenvalue weighted by Gasteiger charge is 2.29. The Bertz CT molecular complexity index is 1230. The van der Waals surface area contributed by atoms with Gasteiger partial charge in [-0.2, -0.15) is 0 Å². The SMILES string of the molecule is CC1c2cc(O)ccc2C(C(=O)Nc2ccccc2)=CN1Cc1cc2c(cc1Br)OCO2. The number of aromatic hydroxyl groups is 1. The van der Waals surface area contributed by atoms with Gasteiger partial charge >= 0.3 is 0 Å². The molecule has 2 heterocycles. The average molecular weight is 493 g/mol. The van der Waals surface area contributed by atoms with E-state index in [0.717, 1.165) is 26.9 Å². The largest absolute Gasteiger partial charge is 0.508 e. The highest BCUT2D eigenvalue weighted by atomic mass is 79.9. The van der Waals surface area contributed by atoms with E-state index in [1.807, 2.05) is 48.7 Å². The van der Waals surface area contributed by atoms with Gasteiger partial charge in [0.15, 0.2) is 11.5 Å². The van der Waals surface area contributed by atoms with E-state index in [0.29, 0.717) is 23.6 Å². The number of phenols is 1. The van der Waals surface area contributed by atoms with Crippen molar-refractivity contribution in [3.63, 3.8) is 0 Å². The molecule has 3 aromatic rings. The standard InChI is InChI=1S/C25H21BrN2O4/c1-15-20-10-18(29)7-8-19(20)21(25(30)27-17-5-3-2-4-6-17)13-28(15)12-16-9-23-24(11-22(16)26)32-14-31-23/h2-11,13,15,29H,12,14H2,1H3,(H,27,30). The maximum Gasteiger partial charge on any atom is 0.257 e. The maximum absolute atomic E-state index is 13.2. The van der Waals surface area contributed by atoms with Gasteiger partial charge in [-0.25, -0.2) is 0 Å². The topological polar surface area (TPSA) is 71.0 Å². The van der Waals surface area contributed by atoms with Crippen LogP contribution < -0.4 is 14.8 Å². The molecule has 0 aromatic heterocycles. The predicted molar refractivity (Wildman–Crippen MR) is 125 cm³/mol. The van der Waals surface area contributed by atoms with Gasteiger partial charge in [-0.15, -0.1) is 0 Å². The molecule has 32 heavy (non-hydrogen) atoms. The van der Waals surface area contributed by atoms with Crippen LogP contribution in [0.3, 0.4) is 0 Å². The second-order valence-corrected chi connectivity index (χ2v) is 8.63. The van der Waals surface area contributed by atoms with Gasteiger partial charge in [0, 0.05) is 22.9 Å². The van der Waals surface area contributed by atoms with E-state index in [1.165, 1.54) is 0 Å². The van der Waals surface area contributed by atoms with Crippen LogP contribution in [0, 0.1) is 0 Å². The first-order chi connectivity index (χ1) is 15.5. The minimum atomic E-state index is -0.204. The van der Waals surface area contributed by atoms with Crippen LogP contribution in [-0.2, 0) is 11.3 Å². The molecule has 0 fully saturated rings. The van der Waals surface area contributed by atoms with Crippen molar-refractivity contribution in [1.82, 2.24) is 4.90 Å². The summed E-state index contributed by atoms with van der Waals surface area (Å²) in [6.45, 7) is 2.80. The molecule has 162 valence electrons. The molecule has 2 N–H and O–H groups in total. The number of amides is 1. The van der Waals surface area contributed by atoms with Gasteiger partial charge in [0.05, 0.1) is 11.6 Å². The summed E-state index contributed by atoms with van der Waals surface area (Å²) in [5.74, 6) is 1.38. The summed E-state index contributed by atoms with van der Waals surface area (Å²) in [6.07, 6.45) is 1.89. The summed E-state index contributed by atoms with van der Waals surface area (Å²) in [5, 5.41) is 13.1. The Morgan fingerprint density at radius 2 is 1.88 bits per heavy atom. The Kier molecular flexibility index (Phi) is 5.27. The number of carbonyl (C=O) groups excluding carboxylic acids is 1. The lowest BCUT2D eigenvalue weighted by atomic mass is 9.90. The van der Waals surface area contributed by atoms with Crippen LogP contribution in [0.15, 0.2) is 71.3 Å². The van der Waals surface area contributed by atoms with Crippen LogP contribution in [0.5, 0.6) is 17.2 Å². The predicted octanol–water partition coefficient (Wildman–Crippen LogP) is 5.44. The lowest BCUT2D eigenvalue weighted by Gasteiger charge is -2.35. The summed E-state index contributed by atoms with van der Waals surface area (Å²) in [5.41, 5.74) is 3.97. The molecule has 0 saturated carbocycles. The average Bonchev–Trinajstić information content (AvgIpc) is 3.23. The molecule has 3 aromatic carbocycles. The summed E-state index contributed by atoms with van der Waals surface area (Å²) in [4.78, 5) is 15.3. The number of para-hydroxylation sites is 1. The van der Waals surface area contributed by atoms with Crippen molar-refractivity contribution in [3.8, 4) is 17.2 Å². The molecule has 5 rings (SSSR count). The lowest BCUT2D eigenvalue weighted by molar-refractivity contribution is -0.111. The van der Waals surface area contributed by atoms with Crippen molar-refractivity contribution < 1.29 is 19.4 Å². The number of rotatable bonds is 4. The van der Waals surface area contributed by atoms with Crippen molar-refractivity contribution in [2.75, 3.05) is 12.1 Å². The van der Waals surface area contributed by atoms with Crippen molar-refractivity contribution in [3.05, 3.63) is 88.0 Å². The Hall–Kier alpha value is -3.45. The number of nitrogens with one attached hydrogen (secondary N) is 1. The Morgan fingerprint density at radius 3 is 2.66 bits per heavy atom. The third kappa shape index (κ3) is 3.80. The minimum absolute atomic E-state index is 0.0531. The molecule has 6 nitrogen and oxygen atoms in total. The number of carbonyl (C=O) groups is 1. The number of nitrogens with zero attached hydrogens (tertiary/aromatic N) is 1. The van der Waals surface area contributed by atoms with E-state index in [2.05, 4.69) is 33.1 Å². The molecule has 1 atom stereocenters. The van der Waals surface area contributed by atoms with Crippen LogP contribution in [0.1, 0.15) is 29.7 Å². The molecule has 0 saturated heterocycles. The molecule has 0 aliphatic carbocycles. The number of anilines is 1. The molecular formula is C25H21BrN2O4.